The number of aliphatic hydroxyl groups excluding tert-OH is 1. The van der Waals surface area contributed by atoms with E-state index in [4.69, 9.17) is 4.74 Å². The van der Waals surface area contributed by atoms with Gasteiger partial charge in [-0.15, -0.1) is 0 Å². The van der Waals surface area contributed by atoms with Gasteiger partial charge in [0.1, 0.15) is 5.60 Å². The lowest BCUT2D eigenvalue weighted by Gasteiger charge is -2.31. The molecule has 0 heterocycles. The standard InChI is InChI=1S/C29H34O3/c1-6-28(31,7-2)24-17-16-23(21-13-9-8-10-14-21)25-26(24)29(25,32-27(3,4)5)22-15-11-12-20(18-22)19-30/h8-18,30-31H,6-7,19H2,1-5H3. The molecule has 0 aromatic heterocycles. The molecule has 0 saturated heterocycles. The molecule has 0 radical (unpaired) electrons. The first kappa shape index (κ1) is 22.7. The summed E-state index contributed by atoms with van der Waals surface area (Å²) in [5, 5.41) is 21.4. The van der Waals surface area contributed by atoms with Gasteiger partial charge in [0.05, 0.1) is 17.8 Å². The Labute approximate surface area is 191 Å². The predicted molar refractivity (Wildman–Crippen MR) is 129 cm³/mol. The fraction of sp³-hybridized carbons (Fsp3) is 0.379. The zero-order valence-corrected chi connectivity index (χ0v) is 19.8. The minimum Gasteiger partial charge on any atom is -0.392 e. The van der Waals surface area contributed by atoms with Gasteiger partial charge in [0.25, 0.3) is 0 Å². The van der Waals surface area contributed by atoms with Crippen LogP contribution in [0.1, 0.15) is 75.3 Å². The van der Waals surface area contributed by atoms with Crippen LogP contribution in [0.4, 0.5) is 0 Å². The second kappa shape index (κ2) is 8.15. The van der Waals surface area contributed by atoms with E-state index in [2.05, 4.69) is 51.1 Å². The third kappa shape index (κ3) is 3.69. The van der Waals surface area contributed by atoms with Gasteiger partial charge in [-0.1, -0.05) is 74.5 Å². The first-order valence-electron chi connectivity index (χ1n) is 11.6. The van der Waals surface area contributed by atoms with Crippen LogP contribution in [0.2, 0.25) is 0 Å². The topological polar surface area (TPSA) is 49.7 Å². The van der Waals surface area contributed by atoms with Gasteiger partial charge < -0.3 is 14.9 Å². The third-order valence-corrected chi connectivity index (χ3v) is 6.58. The Hall–Kier alpha value is -2.46. The molecular weight excluding hydrogens is 396 g/mol. The summed E-state index contributed by atoms with van der Waals surface area (Å²) < 4.78 is 6.89. The Kier molecular flexibility index (Phi) is 5.79. The molecular formula is C29H34O3. The monoisotopic (exact) mass is 430 g/mol. The number of fused-ring (bicyclic) bond motifs is 1. The molecule has 1 atom stereocenters. The maximum absolute atomic E-state index is 11.6. The number of benzene rings is 3. The van der Waals surface area contributed by atoms with Crippen LogP contribution in [-0.2, 0) is 22.5 Å². The lowest BCUT2D eigenvalue weighted by Crippen LogP contribution is -2.31. The highest BCUT2D eigenvalue weighted by atomic mass is 16.5. The molecule has 32 heavy (non-hydrogen) atoms. The summed E-state index contributed by atoms with van der Waals surface area (Å²) in [5.74, 6) is 0. The van der Waals surface area contributed by atoms with Crippen molar-refractivity contribution in [2.45, 2.75) is 70.9 Å². The summed E-state index contributed by atoms with van der Waals surface area (Å²) in [5.41, 5.74) is 5.12. The predicted octanol–water partition coefficient (Wildman–Crippen LogP) is 6.27. The summed E-state index contributed by atoms with van der Waals surface area (Å²) in [4.78, 5) is 0. The molecule has 0 spiro atoms. The summed E-state index contributed by atoms with van der Waals surface area (Å²) in [6.07, 6.45) is 1.26. The van der Waals surface area contributed by atoms with Crippen molar-refractivity contribution in [3.05, 3.63) is 94.5 Å². The van der Waals surface area contributed by atoms with Crippen molar-refractivity contribution in [2.24, 2.45) is 0 Å². The van der Waals surface area contributed by atoms with E-state index in [-0.39, 0.29) is 6.61 Å². The van der Waals surface area contributed by atoms with Gasteiger partial charge in [0.2, 0.25) is 0 Å². The van der Waals surface area contributed by atoms with Gasteiger partial charge in [-0.2, -0.15) is 0 Å². The van der Waals surface area contributed by atoms with Crippen LogP contribution in [0, 0.1) is 0 Å². The molecule has 1 aliphatic rings. The summed E-state index contributed by atoms with van der Waals surface area (Å²) in [6.45, 7) is 10.2. The summed E-state index contributed by atoms with van der Waals surface area (Å²) in [6, 6.07) is 22.6. The lowest BCUT2D eigenvalue weighted by atomic mass is 9.86. The number of aliphatic hydroxyl groups is 2. The first-order chi connectivity index (χ1) is 15.2. The quantitative estimate of drug-likeness (QED) is 0.464. The van der Waals surface area contributed by atoms with Gasteiger partial charge in [0.15, 0.2) is 0 Å². The van der Waals surface area contributed by atoms with Crippen LogP contribution >= 0.6 is 0 Å². The zero-order chi connectivity index (χ0) is 23.1. The minimum atomic E-state index is -0.920. The molecule has 3 nitrogen and oxygen atoms in total. The highest BCUT2D eigenvalue weighted by molar-refractivity contribution is 5.83. The summed E-state index contributed by atoms with van der Waals surface area (Å²) >= 11 is 0. The Morgan fingerprint density at radius 1 is 0.844 bits per heavy atom. The molecule has 2 N–H and O–H groups in total. The molecule has 3 aromatic carbocycles. The SMILES string of the molecule is CCC(O)(CC)c1ccc(-c2ccccc2)c2c1C2(OC(C)(C)C)c1cccc(CO)c1. The van der Waals surface area contributed by atoms with Crippen molar-refractivity contribution in [3.8, 4) is 11.1 Å². The van der Waals surface area contributed by atoms with Gasteiger partial charge in [0, 0.05) is 11.1 Å². The second-order valence-corrected chi connectivity index (χ2v) is 9.77. The molecule has 168 valence electrons. The fourth-order valence-corrected chi connectivity index (χ4v) is 4.92. The number of hydrogen-bond acceptors (Lipinski definition) is 3. The number of ether oxygens (including phenoxy) is 1. The first-order valence-corrected chi connectivity index (χ1v) is 11.6. The van der Waals surface area contributed by atoms with Crippen LogP contribution in [0.25, 0.3) is 11.1 Å². The molecule has 0 aliphatic heterocycles. The average molecular weight is 431 g/mol. The van der Waals surface area contributed by atoms with E-state index in [0.29, 0.717) is 12.8 Å². The van der Waals surface area contributed by atoms with E-state index in [9.17, 15) is 10.2 Å². The van der Waals surface area contributed by atoms with Crippen molar-refractivity contribution >= 4 is 0 Å². The normalized spacial score (nSPS) is 17.8. The molecule has 0 bridgehead atoms. The van der Waals surface area contributed by atoms with Crippen LogP contribution in [0.15, 0.2) is 66.7 Å². The number of rotatable bonds is 7. The van der Waals surface area contributed by atoms with E-state index in [1.54, 1.807) is 0 Å². The van der Waals surface area contributed by atoms with Crippen LogP contribution < -0.4 is 0 Å². The van der Waals surface area contributed by atoms with Crippen molar-refractivity contribution in [1.29, 1.82) is 0 Å². The highest BCUT2D eigenvalue weighted by Crippen LogP contribution is 2.63. The van der Waals surface area contributed by atoms with Crippen molar-refractivity contribution < 1.29 is 14.9 Å². The largest absolute Gasteiger partial charge is 0.392 e. The van der Waals surface area contributed by atoms with E-state index >= 15 is 0 Å². The fourth-order valence-electron chi connectivity index (χ4n) is 4.92. The minimum absolute atomic E-state index is 0.0258. The smallest absolute Gasteiger partial charge is 0.146 e. The maximum Gasteiger partial charge on any atom is 0.146 e. The number of hydrogen-bond donors (Lipinski definition) is 2. The second-order valence-electron chi connectivity index (χ2n) is 9.77. The third-order valence-electron chi connectivity index (χ3n) is 6.58. The highest BCUT2D eigenvalue weighted by Gasteiger charge is 2.60. The molecule has 0 saturated carbocycles. The Balaban J connectivity index is 2.04. The van der Waals surface area contributed by atoms with E-state index in [1.807, 2.05) is 50.2 Å². The maximum atomic E-state index is 11.6. The van der Waals surface area contributed by atoms with Gasteiger partial charge >= 0.3 is 0 Å². The van der Waals surface area contributed by atoms with Crippen molar-refractivity contribution in [1.82, 2.24) is 0 Å². The van der Waals surface area contributed by atoms with Gasteiger partial charge in [-0.05, 0) is 67.5 Å². The zero-order valence-electron chi connectivity index (χ0n) is 19.8. The van der Waals surface area contributed by atoms with Crippen molar-refractivity contribution in [3.63, 3.8) is 0 Å². The molecule has 0 amide bonds. The van der Waals surface area contributed by atoms with Gasteiger partial charge in [-0.3, -0.25) is 0 Å². The molecule has 0 fully saturated rings. The van der Waals surface area contributed by atoms with Crippen LogP contribution in [-0.4, -0.2) is 15.8 Å². The van der Waals surface area contributed by atoms with Crippen LogP contribution in [0.5, 0.6) is 0 Å². The average Bonchev–Trinajstić information content (AvgIpc) is 3.46. The van der Waals surface area contributed by atoms with E-state index in [1.165, 1.54) is 0 Å². The molecule has 4 rings (SSSR count). The molecule has 3 heteroatoms. The molecule has 1 aliphatic carbocycles. The van der Waals surface area contributed by atoms with Gasteiger partial charge in [-0.25, -0.2) is 0 Å². The Bertz CT molecular complexity index is 1110. The van der Waals surface area contributed by atoms with E-state index in [0.717, 1.165) is 38.9 Å². The molecule has 3 aromatic rings. The van der Waals surface area contributed by atoms with Crippen molar-refractivity contribution in [2.75, 3.05) is 0 Å². The Morgan fingerprint density at radius 2 is 1.53 bits per heavy atom. The summed E-state index contributed by atoms with van der Waals surface area (Å²) in [7, 11) is 0. The van der Waals surface area contributed by atoms with Crippen LogP contribution in [0.3, 0.4) is 0 Å². The lowest BCUT2D eigenvalue weighted by molar-refractivity contribution is -0.0684. The molecule has 1 unspecified atom stereocenters. The Morgan fingerprint density at radius 3 is 2.12 bits per heavy atom. The van der Waals surface area contributed by atoms with E-state index < -0.39 is 16.8 Å².